The van der Waals surface area contributed by atoms with E-state index < -0.39 is 0 Å². The number of thiophene rings is 1. The van der Waals surface area contributed by atoms with Gasteiger partial charge in [0, 0.05) is 36.1 Å². The summed E-state index contributed by atoms with van der Waals surface area (Å²) in [5.41, 5.74) is 2.46. The van der Waals surface area contributed by atoms with Crippen LogP contribution in [0.15, 0.2) is 47.2 Å². The quantitative estimate of drug-likeness (QED) is 0.737. The summed E-state index contributed by atoms with van der Waals surface area (Å²) in [7, 11) is 0. The van der Waals surface area contributed by atoms with E-state index in [4.69, 9.17) is 0 Å². The number of rotatable bonds is 4. The Kier molecular flexibility index (Phi) is 4.71. The van der Waals surface area contributed by atoms with Crippen LogP contribution in [0, 0.1) is 5.82 Å². The number of nitrogens with one attached hydrogen (secondary N) is 2. The van der Waals surface area contributed by atoms with Gasteiger partial charge in [-0.2, -0.15) is 16.4 Å². The molecule has 0 saturated carbocycles. The molecule has 1 atom stereocenters. The van der Waals surface area contributed by atoms with Crippen LogP contribution in [0.2, 0.25) is 0 Å². The van der Waals surface area contributed by atoms with Crippen molar-refractivity contribution in [2.24, 2.45) is 0 Å². The largest absolute Gasteiger partial charge is 0.353 e. The molecule has 1 saturated heterocycles. The minimum Gasteiger partial charge on any atom is -0.353 e. The topological polar surface area (TPSA) is 61.0 Å². The van der Waals surface area contributed by atoms with E-state index in [1.54, 1.807) is 12.1 Å². The number of amides is 1. The molecule has 1 aliphatic rings. The molecule has 3 aromatic rings. The maximum absolute atomic E-state index is 13.1. The first kappa shape index (κ1) is 16.8. The molecule has 26 heavy (non-hydrogen) atoms. The molecule has 7 heteroatoms. The van der Waals surface area contributed by atoms with E-state index in [1.807, 2.05) is 22.9 Å². The molecule has 3 heterocycles. The van der Waals surface area contributed by atoms with Gasteiger partial charge >= 0.3 is 0 Å². The van der Waals surface area contributed by atoms with E-state index in [2.05, 4.69) is 20.4 Å². The fourth-order valence-corrected chi connectivity index (χ4v) is 3.85. The van der Waals surface area contributed by atoms with E-state index in [9.17, 15) is 9.18 Å². The Labute approximate surface area is 154 Å². The monoisotopic (exact) mass is 370 g/mol. The third kappa shape index (κ3) is 3.62. The van der Waals surface area contributed by atoms with Gasteiger partial charge in [-0.1, -0.05) is 0 Å². The summed E-state index contributed by atoms with van der Waals surface area (Å²) in [6.45, 7) is 1.63. The van der Waals surface area contributed by atoms with Gasteiger partial charge < -0.3 is 10.2 Å². The second kappa shape index (κ2) is 7.29. The zero-order chi connectivity index (χ0) is 17.9. The first-order valence-corrected chi connectivity index (χ1v) is 9.53. The molecule has 0 radical (unpaired) electrons. The summed E-state index contributed by atoms with van der Waals surface area (Å²) in [5.74, 6) is 0.569. The summed E-state index contributed by atoms with van der Waals surface area (Å²) >= 11 is 1.52. The van der Waals surface area contributed by atoms with E-state index in [-0.39, 0.29) is 17.8 Å². The van der Waals surface area contributed by atoms with Crippen LogP contribution >= 0.6 is 11.3 Å². The maximum atomic E-state index is 13.1. The molecule has 134 valence electrons. The van der Waals surface area contributed by atoms with Crippen molar-refractivity contribution in [1.82, 2.24) is 15.5 Å². The highest BCUT2D eigenvalue weighted by atomic mass is 32.1. The van der Waals surface area contributed by atoms with Crippen molar-refractivity contribution in [2.45, 2.75) is 18.9 Å². The Morgan fingerprint density at radius 3 is 2.92 bits per heavy atom. The average molecular weight is 370 g/mol. The molecule has 0 unspecified atom stereocenters. The van der Waals surface area contributed by atoms with Crippen LogP contribution < -0.4 is 10.2 Å². The summed E-state index contributed by atoms with van der Waals surface area (Å²) in [4.78, 5) is 14.4. The molecule has 1 fully saturated rings. The van der Waals surface area contributed by atoms with E-state index in [0.717, 1.165) is 43.0 Å². The standard InChI is InChI=1S/C19H19FN4OS/c20-15-5-3-13(4-6-15)17-10-18(23-22-17)24-8-1-2-16(11-24)21-19(25)14-7-9-26-12-14/h3-7,9-10,12,16H,1-2,8,11H2,(H,21,25)(H,22,23)/t16-/m0/s1. The predicted molar refractivity (Wildman–Crippen MR) is 101 cm³/mol. The molecule has 1 amide bonds. The molecule has 0 spiro atoms. The highest BCUT2D eigenvalue weighted by Gasteiger charge is 2.23. The molecule has 0 bridgehead atoms. The summed E-state index contributed by atoms with van der Waals surface area (Å²) in [6, 6.07) is 10.2. The van der Waals surface area contributed by atoms with Gasteiger partial charge in [0.25, 0.3) is 5.91 Å². The molecular formula is C19H19FN4OS. The number of benzene rings is 1. The number of aromatic nitrogens is 2. The fraction of sp³-hybridized carbons (Fsp3) is 0.263. The Morgan fingerprint density at radius 2 is 2.15 bits per heavy atom. The van der Waals surface area contributed by atoms with Crippen molar-refractivity contribution in [1.29, 1.82) is 0 Å². The zero-order valence-corrected chi connectivity index (χ0v) is 14.9. The van der Waals surface area contributed by atoms with Gasteiger partial charge in [-0.15, -0.1) is 0 Å². The molecule has 5 nitrogen and oxygen atoms in total. The van der Waals surface area contributed by atoms with Gasteiger partial charge in [-0.25, -0.2) is 4.39 Å². The van der Waals surface area contributed by atoms with Crippen LogP contribution in [-0.2, 0) is 0 Å². The van der Waals surface area contributed by atoms with Crippen molar-refractivity contribution in [3.63, 3.8) is 0 Å². The Morgan fingerprint density at radius 1 is 1.31 bits per heavy atom. The van der Waals surface area contributed by atoms with Crippen LogP contribution in [0.5, 0.6) is 0 Å². The number of hydrogen-bond acceptors (Lipinski definition) is 4. The van der Waals surface area contributed by atoms with Crippen molar-refractivity contribution < 1.29 is 9.18 Å². The molecule has 1 aromatic carbocycles. The second-order valence-electron chi connectivity index (χ2n) is 6.42. The number of carbonyl (C=O) groups is 1. The summed E-state index contributed by atoms with van der Waals surface area (Å²) in [5, 5.41) is 14.3. The van der Waals surface area contributed by atoms with Crippen molar-refractivity contribution in [3.05, 3.63) is 58.5 Å². The lowest BCUT2D eigenvalue weighted by atomic mass is 10.1. The second-order valence-corrected chi connectivity index (χ2v) is 7.20. The normalized spacial score (nSPS) is 17.3. The lowest BCUT2D eigenvalue weighted by Crippen LogP contribution is -2.47. The van der Waals surface area contributed by atoms with Gasteiger partial charge in [0.15, 0.2) is 5.82 Å². The number of anilines is 1. The van der Waals surface area contributed by atoms with Crippen molar-refractivity contribution >= 4 is 23.1 Å². The Balaban J connectivity index is 1.43. The number of carbonyl (C=O) groups excluding carboxylic acids is 1. The number of nitrogens with zero attached hydrogens (tertiary/aromatic N) is 2. The smallest absolute Gasteiger partial charge is 0.252 e. The Hall–Kier alpha value is -2.67. The fourth-order valence-electron chi connectivity index (χ4n) is 3.22. The maximum Gasteiger partial charge on any atom is 0.252 e. The van der Waals surface area contributed by atoms with Gasteiger partial charge in [0.1, 0.15) is 5.82 Å². The van der Waals surface area contributed by atoms with E-state index in [0.29, 0.717) is 5.56 Å². The van der Waals surface area contributed by atoms with E-state index in [1.165, 1.54) is 23.5 Å². The molecule has 4 rings (SSSR count). The lowest BCUT2D eigenvalue weighted by molar-refractivity contribution is 0.0933. The molecule has 2 aromatic heterocycles. The van der Waals surface area contributed by atoms with Crippen molar-refractivity contribution in [2.75, 3.05) is 18.0 Å². The van der Waals surface area contributed by atoms with E-state index >= 15 is 0 Å². The number of H-pyrrole nitrogens is 1. The summed E-state index contributed by atoms with van der Waals surface area (Å²) < 4.78 is 13.1. The third-order valence-corrected chi connectivity index (χ3v) is 5.27. The van der Waals surface area contributed by atoms with Crippen LogP contribution in [0.4, 0.5) is 10.2 Å². The average Bonchev–Trinajstić information content (AvgIpc) is 3.35. The summed E-state index contributed by atoms with van der Waals surface area (Å²) in [6.07, 6.45) is 1.95. The lowest BCUT2D eigenvalue weighted by Gasteiger charge is -2.33. The van der Waals surface area contributed by atoms with Gasteiger partial charge in [-0.05, 0) is 54.1 Å². The SMILES string of the molecule is O=C(N[C@H]1CCCN(c2cc(-c3ccc(F)cc3)[nH]n2)C1)c1ccsc1. The van der Waals surface area contributed by atoms with Crippen LogP contribution in [0.25, 0.3) is 11.3 Å². The van der Waals surface area contributed by atoms with Crippen LogP contribution in [-0.4, -0.2) is 35.2 Å². The van der Waals surface area contributed by atoms with Gasteiger partial charge in [-0.3, -0.25) is 9.89 Å². The molecule has 2 N–H and O–H groups in total. The van der Waals surface area contributed by atoms with Crippen LogP contribution in [0.3, 0.4) is 0 Å². The van der Waals surface area contributed by atoms with Gasteiger partial charge in [0.05, 0.1) is 5.69 Å². The minimum atomic E-state index is -0.256. The van der Waals surface area contributed by atoms with Crippen LogP contribution in [0.1, 0.15) is 23.2 Å². The Bertz CT molecular complexity index is 875. The van der Waals surface area contributed by atoms with Crippen molar-refractivity contribution in [3.8, 4) is 11.3 Å². The molecule has 1 aliphatic heterocycles. The third-order valence-electron chi connectivity index (χ3n) is 4.58. The predicted octanol–water partition coefficient (Wildman–Crippen LogP) is 3.68. The number of hydrogen-bond donors (Lipinski definition) is 2. The van der Waals surface area contributed by atoms with Gasteiger partial charge in [0.2, 0.25) is 0 Å². The number of piperidine rings is 1. The zero-order valence-electron chi connectivity index (χ0n) is 14.1. The highest BCUT2D eigenvalue weighted by molar-refractivity contribution is 7.08. The first-order chi connectivity index (χ1) is 12.7. The molecule has 0 aliphatic carbocycles. The number of aromatic amines is 1. The highest BCUT2D eigenvalue weighted by Crippen LogP contribution is 2.24. The minimum absolute atomic E-state index is 0.0212. The first-order valence-electron chi connectivity index (χ1n) is 8.58. The number of halogens is 1. The molecular weight excluding hydrogens is 351 g/mol.